The maximum atomic E-state index is 12.6. The van der Waals surface area contributed by atoms with E-state index in [-0.39, 0.29) is 10.6 Å². The summed E-state index contributed by atoms with van der Waals surface area (Å²) < 4.78 is 27.8. The molecule has 1 aromatic heterocycles. The van der Waals surface area contributed by atoms with Gasteiger partial charge in [0, 0.05) is 36.5 Å². The molecule has 0 saturated carbocycles. The Kier molecular flexibility index (Phi) is 5.81. The molecule has 0 atom stereocenters. The third kappa shape index (κ3) is 4.80. The number of nitro groups is 1. The second-order valence-corrected chi connectivity index (χ2v) is 8.94. The molecule has 0 radical (unpaired) electrons. The Balaban J connectivity index is 1.52. The first-order valence-electron chi connectivity index (χ1n) is 9.89. The van der Waals surface area contributed by atoms with Crippen LogP contribution in [0.5, 0.6) is 0 Å². The van der Waals surface area contributed by atoms with Crippen LogP contribution in [-0.4, -0.2) is 36.6 Å². The predicted octanol–water partition coefficient (Wildman–Crippen LogP) is 3.84. The van der Waals surface area contributed by atoms with Crippen LogP contribution in [0.3, 0.4) is 0 Å². The lowest BCUT2D eigenvalue weighted by Gasteiger charge is -2.27. The summed E-state index contributed by atoms with van der Waals surface area (Å²) in [5.74, 6) is 0.846. The van der Waals surface area contributed by atoms with Crippen molar-refractivity contribution in [3.8, 4) is 11.3 Å². The van der Waals surface area contributed by atoms with Gasteiger partial charge in [0.25, 0.3) is 15.7 Å². The number of nitrogens with one attached hydrogen (secondary N) is 1. The van der Waals surface area contributed by atoms with E-state index in [1.54, 1.807) is 18.2 Å². The summed E-state index contributed by atoms with van der Waals surface area (Å²) in [6.45, 7) is 1.96. The van der Waals surface area contributed by atoms with Crippen molar-refractivity contribution in [3.63, 3.8) is 0 Å². The lowest BCUT2D eigenvalue weighted by Crippen LogP contribution is -2.30. The molecule has 0 unspecified atom stereocenters. The molecule has 1 aliphatic rings. The number of aromatic nitrogens is 2. The summed E-state index contributed by atoms with van der Waals surface area (Å²) in [5, 5.41) is 19.4. The third-order valence-corrected chi connectivity index (χ3v) is 6.50. The quantitative estimate of drug-likeness (QED) is 0.458. The SMILES string of the molecule is O=[N+]([O-])c1ccc(S(=O)(=O)Nc2cccc(-c3ccc(N4CCCCC4)nn3)c2)cc1. The van der Waals surface area contributed by atoms with Gasteiger partial charge in [-0.05, 0) is 55.7 Å². The first-order chi connectivity index (χ1) is 14.9. The minimum atomic E-state index is -3.89. The molecule has 3 aromatic rings. The van der Waals surface area contributed by atoms with E-state index in [1.165, 1.54) is 18.6 Å². The van der Waals surface area contributed by atoms with E-state index in [1.807, 2.05) is 18.2 Å². The number of rotatable bonds is 6. The number of hydrogen-bond acceptors (Lipinski definition) is 7. The van der Waals surface area contributed by atoms with Gasteiger partial charge in [-0.1, -0.05) is 12.1 Å². The largest absolute Gasteiger partial charge is 0.355 e. The van der Waals surface area contributed by atoms with E-state index in [9.17, 15) is 18.5 Å². The van der Waals surface area contributed by atoms with Gasteiger partial charge < -0.3 is 4.90 Å². The average Bonchev–Trinajstić information content (AvgIpc) is 2.80. The molecule has 160 valence electrons. The number of sulfonamides is 1. The number of anilines is 2. The Bertz CT molecular complexity index is 1180. The molecule has 0 bridgehead atoms. The highest BCUT2D eigenvalue weighted by atomic mass is 32.2. The van der Waals surface area contributed by atoms with E-state index in [0.29, 0.717) is 11.4 Å². The Morgan fingerprint density at radius 2 is 1.68 bits per heavy atom. The van der Waals surface area contributed by atoms with E-state index in [4.69, 9.17) is 0 Å². The topological polar surface area (TPSA) is 118 Å². The van der Waals surface area contributed by atoms with E-state index in [2.05, 4.69) is 19.8 Å². The predicted molar refractivity (Wildman–Crippen MR) is 117 cm³/mol. The molecule has 1 aliphatic heterocycles. The Morgan fingerprint density at radius 1 is 0.935 bits per heavy atom. The van der Waals surface area contributed by atoms with E-state index in [0.717, 1.165) is 49.4 Å². The highest BCUT2D eigenvalue weighted by Crippen LogP contribution is 2.25. The summed E-state index contributed by atoms with van der Waals surface area (Å²) in [7, 11) is -3.89. The number of piperidine rings is 1. The molecule has 4 rings (SSSR count). The molecule has 1 fully saturated rings. The summed E-state index contributed by atoms with van der Waals surface area (Å²) in [5.41, 5.74) is 1.55. The van der Waals surface area contributed by atoms with E-state index < -0.39 is 14.9 Å². The van der Waals surface area contributed by atoms with Crippen LogP contribution in [0.1, 0.15) is 19.3 Å². The van der Waals surface area contributed by atoms with Gasteiger partial charge in [0.1, 0.15) is 0 Å². The fourth-order valence-corrected chi connectivity index (χ4v) is 4.52. The first kappa shape index (κ1) is 20.7. The fraction of sp³-hybridized carbons (Fsp3) is 0.238. The summed E-state index contributed by atoms with van der Waals surface area (Å²) in [6.07, 6.45) is 3.55. The zero-order chi connectivity index (χ0) is 21.8. The summed E-state index contributed by atoms with van der Waals surface area (Å²) in [6, 6.07) is 15.4. The normalized spacial score (nSPS) is 14.3. The van der Waals surface area contributed by atoms with Crippen LogP contribution in [0.4, 0.5) is 17.2 Å². The van der Waals surface area contributed by atoms with Gasteiger partial charge in [0.2, 0.25) is 0 Å². The third-order valence-electron chi connectivity index (χ3n) is 5.10. The number of non-ortho nitro benzene ring substituents is 1. The molecular formula is C21H21N5O4S. The van der Waals surface area contributed by atoms with Crippen molar-refractivity contribution in [3.05, 3.63) is 70.8 Å². The number of nitro benzene ring substituents is 1. The highest BCUT2D eigenvalue weighted by Gasteiger charge is 2.17. The number of nitrogens with zero attached hydrogens (tertiary/aromatic N) is 4. The summed E-state index contributed by atoms with van der Waals surface area (Å²) in [4.78, 5) is 12.3. The van der Waals surface area contributed by atoms with Crippen LogP contribution >= 0.6 is 0 Å². The van der Waals surface area contributed by atoms with Crippen molar-refractivity contribution in [2.24, 2.45) is 0 Å². The smallest absolute Gasteiger partial charge is 0.269 e. The van der Waals surface area contributed by atoms with Gasteiger partial charge >= 0.3 is 0 Å². The van der Waals surface area contributed by atoms with Crippen LogP contribution in [0.25, 0.3) is 11.3 Å². The monoisotopic (exact) mass is 439 g/mol. The van der Waals surface area contributed by atoms with Gasteiger partial charge in [-0.3, -0.25) is 14.8 Å². The van der Waals surface area contributed by atoms with Crippen molar-refractivity contribution in [1.82, 2.24) is 10.2 Å². The van der Waals surface area contributed by atoms with Gasteiger partial charge in [-0.15, -0.1) is 10.2 Å². The van der Waals surface area contributed by atoms with Crippen LogP contribution in [0, 0.1) is 10.1 Å². The molecule has 1 saturated heterocycles. The molecule has 0 aliphatic carbocycles. The fourth-order valence-electron chi connectivity index (χ4n) is 3.47. The van der Waals surface area contributed by atoms with Crippen LogP contribution in [0.15, 0.2) is 65.6 Å². The minimum Gasteiger partial charge on any atom is -0.355 e. The lowest BCUT2D eigenvalue weighted by molar-refractivity contribution is -0.384. The van der Waals surface area contributed by atoms with Gasteiger partial charge in [0.05, 0.1) is 15.5 Å². The molecule has 0 spiro atoms. The van der Waals surface area contributed by atoms with Crippen molar-refractivity contribution < 1.29 is 13.3 Å². The maximum absolute atomic E-state index is 12.6. The highest BCUT2D eigenvalue weighted by molar-refractivity contribution is 7.92. The Morgan fingerprint density at radius 3 is 2.32 bits per heavy atom. The molecular weight excluding hydrogens is 418 g/mol. The molecule has 10 heteroatoms. The molecule has 2 aromatic carbocycles. The second kappa shape index (κ2) is 8.68. The second-order valence-electron chi connectivity index (χ2n) is 7.26. The summed E-state index contributed by atoms with van der Waals surface area (Å²) >= 11 is 0. The number of hydrogen-bond donors (Lipinski definition) is 1. The standard InChI is InChI=1S/C21H21N5O4S/c27-26(28)18-7-9-19(10-8-18)31(29,30)24-17-6-4-5-16(15-17)20-11-12-21(23-22-20)25-13-2-1-3-14-25/h4-12,15,24H,1-3,13-14H2. The number of benzene rings is 2. The zero-order valence-corrected chi connectivity index (χ0v) is 17.5. The molecule has 1 N–H and O–H groups in total. The van der Waals surface area contributed by atoms with Crippen molar-refractivity contribution >= 4 is 27.2 Å². The van der Waals surface area contributed by atoms with Crippen molar-refractivity contribution in [2.45, 2.75) is 24.2 Å². The Labute approximate surface area is 179 Å². The van der Waals surface area contributed by atoms with Gasteiger partial charge in [-0.2, -0.15) is 0 Å². The van der Waals surface area contributed by atoms with Crippen molar-refractivity contribution in [1.29, 1.82) is 0 Å². The molecule has 2 heterocycles. The van der Waals surface area contributed by atoms with Gasteiger partial charge in [-0.25, -0.2) is 8.42 Å². The van der Waals surface area contributed by atoms with Gasteiger partial charge in [0.15, 0.2) is 5.82 Å². The van der Waals surface area contributed by atoms with Crippen LogP contribution < -0.4 is 9.62 Å². The van der Waals surface area contributed by atoms with Crippen LogP contribution in [0.2, 0.25) is 0 Å². The van der Waals surface area contributed by atoms with E-state index >= 15 is 0 Å². The van der Waals surface area contributed by atoms with Crippen molar-refractivity contribution in [2.75, 3.05) is 22.7 Å². The molecule has 0 amide bonds. The average molecular weight is 439 g/mol. The maximum Gasteiger partial charge on any atom is 0.269 e. The molecule has 31 heavy (non-hydrogen) atoms. The minimum absolute atomic E-state index is 0.0609. The first-order valence-corrected chi connectivity index (χ1v) is 11.4. The Hall–Kier alpha value is -3.53. The molecule has 9 nitrogen and oxygen atoms in total. The zero-order valence-electron chi connectivity index (χ0n) is 16.6. The lowest BCUT2D eigenvalue weighted by atomic mass is 10.1. The van der Waals surface area contributed by atoms with Crippen LogP contribution in [-0.2, 0) is 10.0 Å².